The third-order valence-electron chi connectivity index (χ3n) is 33.3. The van der Waals surface area contributed by atoms with Gasteiger partial charge in [0.2, 0.25) is 0 Å². The van der Waals surface area contributed by atoms with Crippen molar-refractivity contribution in [2.24, 2.45) is 138 Å². The van der Waals surface area contributed by atoms with Gasteiger partial charge in [-0.25, -0.2) is 0 Å². The van der Waals surface area contributed by atoms with E-state index in [1.807, 2.05) is 125 Å². The van der Waals surface area contributed by atoms with Crippen molar-refractivity contribution < 1.29 is 14.2 Å². The Hall–Kier alpha value is 0.810. The molecule has 6 nitrogen and oxygen atoms in total. The molecular weight excluding hydrogens is 1650 g/mol. The van der Waals surface area contributed by atoms with Crippen LogP contribution in [0.15, 0.2) is 0 Å². The molecule has 9 aliphatic heterocycles. The minimum Gasteiger partial charge on any atom is -0.381 e. The van der Waals surface area contributed by atoms with Gasteiger partial charge < -0.3 is 30.2 Å². The average molecular weight is 1920 g/mol. The smallest absolute Gasteiger partial charge is 0.0728 e. The third kappa shape index (κ3) is 50.7. The van der Waals surface area contributed by atoms with Gasteiger partial charge in [0.05, 0.1) is 12.2 Å². The number of rotatable bonds is 16. The number of hydrogen-bond acceptors (Lipinski definition) is 9. The molecule has 0 bridgehead atoms. The highest BCUT2D eigenvalue weighted by Crippen LogP contribution is 2.54. The maximum absolute atomic E-state index is 5.99. The zero-order valence-corrected chi connectivity index (χ0v) is 104. The van der Waals surface area contributed by atoms with Gasteiger partial charge in [0, 0.05) is 43.3 Å². The Morgan fingerprint density at radius 2 is 0.634 bits per heavy atom. The minimum absolute atomic E-state index is 0. The molecule has 0 radical (unpaired) electrons. The topological polar surface area (TPSA) is 63.8 Å². The molecule has 0 aromatic rings. The molecule has 0 aliphatic carbocycles. The van der Waals surface area contributed by atoms with Crippen LogP contribution in [-0.4, -0.2) is 110 Å². The lowest BCUT2D eigenvalue weighted by Crippen LogP contribution is -2.56. The second-order valence-corrected chi connectivity index (χ2v) is 48.7. The van der Waals surface area contributed by atoms with Crippen molar-refractivity contribution in [1.82, 2.24) is 16.0 Å². The SMILES string of the molecule is C.CC.CC.CC.CC.CC.CC.CC.CC.CC.CC(C)C1(C(C)(C)C)CCCCNC1.CC(C)C1(C(C)(C)C)CCCNCC1.CC(C)C1(C(C)C)CCCCN1.CC(C)C1(C(C)C)CCCCO1.CC(C)C1(C(C)C)CCCCS1.CC(C)C1(C(C)C)CCCOC1.CC(C)C1(C(C)C)CCCSC1.CC(C)C1(C(C)C)CCOCC1.CC(C)C1(C(C)C)CCSCC1. The van der Waals surface area contributed by atoms with Crippen molar-refractivity contribution in [3.05, 3.63) is 0 Å². The van der Waals surface area contributed by atoms with Crippen LogP contribution in [0.3, 0.4) is 0 Å². The molecule has 9 heteroatoms. The fourth-order valence-electron chi connectivity index (χ4n) is 23.8. The first-order valence-corrected chi connectivity index (χ1v) is 61.0. The highest BCUT2D eigenvalue weighted by atomic mass is 32.2. The van der Waals surface area contributed by atoms with Gasteiger partial charge in [-0.2, -0.15) is 35.3 Å². The van der Waals surface area contributed by atoms with E-state index in [1.54, 1.807) is 0 Å². The van der Waals surface area contributed by atoms with Crippen LogP contribution in [0.25, 0.3) is 0 Å². The Labute approximate surface area is 850 Å². The van der Waals surface area contributed by atoms with E-state index in [4.69, 9.17) is 14.2 Å². The molecule has 0 spiro atoms. The lowest BCUT2D eigenvalue weighted by Gasteiger charge is -2.48. The predicted molar refractivity (Wildman–Crippen MR) is 623 cm³/mol. The van der Waals surface area contributed by atoms with Gasteiger partial charge >= 0.3 is 0 Å². The minimum atomic E-state index is 0. The molecule has 9 fully saturated rings. The van der Waals surface area contributed by atoms with E-state index in [0.717, 1.165) is 116 Å². The van der Waals surface area contributed by atoms with Gasteiger partial charge in [0.1, 0.15) is 0 Å². The summed E-state index contributed by atoms with van der Waals surface area (Å²) in [6.45, 7) is 137. The number of thioether (sulfide) groups is 3. The van der Waals surface area contributed by atoms with Crippen LogP contribution in [0.2, 0.25) is 0 Å². The fraction of sp³-hybridized carbons (Fsp3) is 1.00. The van der Waals surface area contributed by atoms with Crippen molar-refractivity contribution in [2.45, 2.75) is 559 Å². The van der Waals surface area contributed by atoms with E-state index in [9.17, 15) is 0 Å². The fourth-order valence-corrected chi connectivity index (χ4v) is 28.4. The number of ether oxygens (including phenoxy) is 3. The van der Waals surface area contributed by atoms with Crippen molar-refractivity contribution in [3.63, 3.8) is 0 Å². The van der Waals surface area contributed by atoms with Crippen molar-refractivity contribution in [1.29, 1.82) is 0 Å². The number of nitrogens with one attached hydrogen (secondary N) is 3. The van der Waals surface area contributed by atoms with Crippen molar-refractivity contribution >= 4 is 35.3 Å². The van der Waals surface area contributed by atoms with Crippen LogP contribution < -0.4 is 16.0 Å². The van der Waals surface area contributed by atoms with Crippen LogP contribution in [0.5, 0.6) is 0 Å². The van der Waals surface area contributed by atoms with Gasteiger partial charge in [-0.3, -0.25) is 0 Å². The van der Waals surface area contributed by atoms with Crippen LogP contribution >= 0.6 is 35.3 Å². The van der Waals surface area contributed by atoms with E-state index >= 15 is 0 Å². The number of hydrogen-bond donors (Lipinski definition) is 3. The molecule has 9 aliphatic rings. The maximum Gasteiger partial charge on any atom is 0.0728 e. The van der Waals surface area contributed by atoms with Crippen molar-refractivity contribution in [3.8, 4) is 0 Å². The molecule has 0 amide bonds. The summed E-state index contributed by atoms with van der Waals surface area (Å²) in [5.74, 6) is 19.5. The van der Waals surface area contributed by atoms with E-state index in [1.165, 1.54) is 209 Å². The Morgan fingerprint density at radius 1 is 0.252 bits per heavy atom. The first-order valence-electron chi connectivity index (χ1n) is 57.7. The van der Waals surface area contributed by atoms with Crippen LogP contribution in [-0.2, 0) is 14.2 Å². The first kappa shape index (κ1) is 152. The normalized spacial score (nSPS) is 22.0. The zero-order chi connectivity index (χ0) is 104. The van der Waals surface area contributed by atoms with Crippen LogP contribution in [0, 0.1) is 138 Å². The van der Waals surface area contributed by atoms with E-state index in [-0.39, 0.29) is 13.0 Å². The monoisotopic (exact) mass is 1920 g/mol. The van der Waals surface area contributed by atoms with Crippen LogP contribution in [0.1, 0.15) is 543 Å². The Bertz CT molecular complexity index is 1850. The molecule has 9 rings (SSSR count). The van der Waals surface area contributed by atoms with E-state index in [2.05, 4.69) is 314 Å². The number of piperidine rings is 1. The highest BCUT2D eigenvalue weighted by Gasteiger charge is 2.48. The summed E-state index contributed by atoms with van der Waals surface area (Å²) in [5.41, 5.74) is 4.80. The molecule has 0 saturated carbocycles. The molecule has 2 atom stereocenters. The molecule has 0 aromatic heterocycles. The van der Waals surface area contributed by atoms with E-state index in [0.29, 0.717) is 65.4 Å². The van der Waals surface area contributed by atoms with Gasteiger partial charge in [-0.05, 0) is 321 Å². The molecule has 9 saturated heterocycles. The average Bonchev–Trinajstić information content (AvgIpc) is 1.70. The summed E-state index contributed by atoms with van der Waals surface area (Å²) in [6, 6.07) is 0. The summed E-state index contributed by atoms with van der Waals surface area (Å²) in [6.07, 6.45) is 31.4. The molecule has 131 heavy (non-hydrogen) atoms. The molecule has 9 heterocycles. The molecule has 806 valence electrons. The predicted octanol–water partition coefficient (Wildman–Crippen LogP) is 40.6. The Balaban J connectivity index is -0.000000154. The second kappa shape index (κ2) is 84.2. The standard InChI is InChI=1S/2C13H27N.C11H23N.3C11H22O.3C11H22S.9C2H6.CH4/c1-11(2)13(12(3,4)5)7-6-9-14-10-8-13;1-11(2)13(12(3,4)5)8-6-7-9-14-10-13;1-9(2)11(10(3)4)7-5-6-8-12-11;1-9(2)11(10(3)4)5-7-12-8-6-11;1-9(2)11(10(3)4)6-5-7-12-8-11;1-9(2)11(10(3)4)7-5-6-8-12-11;1-9(2)11(10(3)4)5-7-12-8-6-11;1-9(2)11(10(3)4)6-5-7-12-8-11;1-9(2)11(10(3)4)7-5-6-8-12-11;9*1-2;/h2*11,14H,6-10H2,1-5H3;9-10,12H,5-8H2,1-4H3;6*9-10H,5-8H2,1-4H3;9*1-2H3;1H4. The highest BCUT2D eigenvalue weighted by molar-refractivity contribution is 8.00. The van der Waals surface area contributed by atoms with Gasteiger partial charge in [-0.1, -0.05) is 414 Å². The Kier molecular flexibility index (Phi) is 97.7. The summed E-state index contributed by atoms with van der Waals surface area (Å²) < 4.78 is 17.6. The third-order valence-corrected chi connectivity index (χ3v) is 37.8. The van der Waals surface area contributed by atoms with Gasteiger partial charge in [0.25, 0.3) is 0 Å². The lowest BCUT2D eigenvalue weighted by molar-refractivity contribution is -0.137. The quantitative estimate of drug-likeness (QED) is 0.140. The molecule has 3 N–H and O–H groups in total. The summed E-state index contributed by atoms with van der Waals surface area (Å²) in [5, 5.41) is 10.9. The van der Waals surface area contributed by atoms with Crippen molar-refractivity contribution in [2.75, 3.05) is 94.5 Å². The summed E-state index contributed by atoms with van der Waals surface area (Å²) in [4.78, 5) is 0. The zero-order valence-electron chi connectivity index (χ0n) is 102. The molecular formula is C122H267N3O3S3. The molecule has 2 unspecified atom stereocenters. The summed E-state index contributed by atoms with van der Waals surface area (Å²) in [7, 11) is 0. The Morgan fingerprint density at radius 3 is 0.901 bits per heavy atom. The largest absolute Gasteiger partial charge is 0.381 e. The lowest BCUT2D eigenvalue weighted by atomic mass is 9.57. The van der Waals surface area contributed by atoms with E-state index < -0.39 is 0 Å². The van der Waals surface area contributed by atoms with Gasteiger partial charge in [-0.15, -0.1) is 0 Å². The van der Waals surface area contributed by atoms with Gasteiger partial charge in [0.15, 0.2) is 0 Å². The maximum atomic E-state index is 5.99. The molecule has 0 aromatic carbocycles. The van der Waals surface area contributed by atoms with Crippen LogP contribution in [0.4, 0.5) is 0 Å². The summed E-state index contributed by atoms with van der Waals surface area (Å²) >= 11 is 6.52. The second-order valence-electron chi connectivity index (χ2n) is 44.9. The first-order chi connectivity index (χ1) is 61.0.